The summed E-state index contributed by atoms with van der Waals surface area (Å²) >= 11 is 6.23. The molecule has 0 radical (unpaired) electrons. The molecule has 0 N–H and O–H groups in total. The normalized spacial score (nSPS) is 14.1. The maximum atomic E-state index is 13.0. The molecule has 1 aromatic carbocycles. The summed E-state index contributed by atoms with van der Waals surface area (Å²) in [4.78, 5) is 28.5. The molecule has 0 atom stereocenters. The van der Waals surface area contributed by atoms with Crippen LogP contribution in [0.5, 0.6) is 5.75 Å². The zero-order chi connectivity index (χ0) is 22.2. The number of hydrogen-bond acceptors (Lipinski definition) is 4. The molecule has 1 aromatic rings. The molecule has 1 fully saturated rings. The average Bonchev–Trinajstić information content (AvgIpc) is 2.68. The number of amides is 2. The van der Waals surface area contributed by atoms with E-state index < -0.39 is 5.60 Å². The summed E-state index contributed by atoms with van der Waals surface area (Å²) in [6.45, 7) is 15.7. The summed E-state index contributed by atoms with van der Waals surface area (Å²) in [6, 6.07) is 3.48. The fourth-order valence-electron chi connectivity index (χ4n) is 2.74. The molecule has 2 amide bonds. The topological polar surface area (TPSA) is 59.1 Å². The SMILES string of the molecule is CC.CCCOc1cc(C)c(Cl)cc1C(=O)N1CCN(C(=O)OC(C)(C)C)CC1. The number of carbonyl (C=O) groups excluding carboxylic acids is 2. The molecule has 0 spiro atoms. The van der Waals surface area contributed by atoms with Crippen molar-refractivity contribution in [2.45, 2.75) is 60.5 Å². The van der Waals surface area contributed by atoms with Gasteiger partial charge in [-0.1, -0.05) is 32.4 Å². The first-order valence-corrected chi connectivity index (χ1v) is 10.7. The van der Waals surface area contributed by atoms with Crippen LogP contribution in [0.1, 0.15) is 63.9 Å². The predicted molar refractivity (Wildman–Crippen MR) is 117 cm³/mol. The Labute approximate surface area is 180 Å². The standard InChI is InChI=1S/C20H29ClN2O4.C2H6/c1-6-11-26-17-12-14(2)16(21)13-15(17)18(24)22-7-9-23(10-8-22)19(25)27-20(3,4)5;1-2/h12-13H,6-11H2,1-5H3;1-2H3. The van der Waals surface area contributed by atoms with E-state index in [-0.39, 0.29) is 12.0 Å². The number of ether oxygens (including phenoxy) is 2. The van der Waals surface area contributed by atoms with Crippen LogP contribution in [-0.2, 0) is 4.74 Å². The van der Waals surface area contributed by atoms with Gasteiger partial charge in [-0.25, -0.2) is 4.79 Å². The number of benzene rings is 1. The fraction of sp³-hybridized carbons (Fsp3) is 0.636. The van der Waals surface area contributed by atoms with Crippen molar-refractivity contribution < 1.29 is 19.1 Å². The minimum absolute atomic E-state index is 0.133. The Morgan fingerprint density at radius 1 is 1.07 bits per heavy atom. The summed E-state index contributed by atoms with van der Waals surface area (Å²) < 4.78 is 11.2. The second-order valence-corrected chi connectivity index (χ2v) is 8.11. The molecule has 2 rings (SSSR count). The molecule has 0 aliphatic carbocycles. The lowest BCUT2D eigenvalue weighted by atomic mass is 10.1. The molecular formula is C22H35ClN2O4. The van der Waals surface area contributed by atoms with E-state index in [2.05, 4.69) is 0 Å². The van der Waals surface area contributed by atoms with Gasteiger partial charge in [0, 0.05) is 31.2 Å². The van der Waals surface area contributed by atoms with Gasteiger partial charge in [0.1, 0.15) is 11.4 Å². The van der Waals surface area contributed by atoms with Gasteiger partial charge >= 0.3 is 6.09 Å². The maximum absolute atomic E-state index is 13.0. The van der Waals surface area contributed by atoms with Crippen molar-refractivity contribution in [2.75, 3.05) is 32.8 Å². The van der Waals surface area contributed by atoms with Gasteiger partial charge in [0.2, 0.25) is 0 Å². The predicted octanol–water partition coefficient (Wildman–Crippen LogP) is 5.16. The van der Waals surface area contributed by atoms with E-state index in [1.807, 2.05) is 54.5 Å². The minimum atomic E-state index is -0.534. The van der Waals surface area contributed by atoms with Crippen molar-refractivity contribution in [2.24, 2.45) is 0 Å². The van der Waals surface area contributed by atoms with Gasteiger partial charge in [0.15, 0.2) is 0 Å². The van der Waals surface area contributed by atoms with E-state index in [4.69, 9.17) is 21.1 Å². The lowest BCUT2D eigenvalue weighted by molar-refractivity contribution is 0.0140. The second kappa shape index (κ2) is 11.3. The second-order valence-electron chi connectivity index (χ2n) is 7.71. The third kappa shape index (κ3) is 7.42. The molecule has 7 heteroatoms. The molecule has 0 aromatic heterocycles. The highest BCUT2D eigenvalue weighted by molar-refractivity contribution is 6.31. The first-order chi connectivity index (χ1) is 13.6. The van der Waals surface area contributed by atoms with Crippen molar-refractivity contribution in [1.82, 2.24) is 9.80 Å². The summed E-state index contributed by atoms with van der Waals surface area (Å²) in [5, 5.41) is 0.537. The highest BCUT2D eigenvalue weighted by atomic mass is 35.5. The Bertz CT molecular complexity index is 693. The van der Waals surface area contributed by atoms with Crippen molar-refractivity contribution in [3.8, 4) is 5.75 Å². The van der Waals surface area contributed by atoms with Gasteiger partial charge in [-0.05, 0) is 51.8 Å². The van der Waals surface area contributed by atoms with Crippen LogP contribution in [0.25, 0.3) is 0 Å². The number of piperazine rings is 1. The van der Waals surface area contributed by atoms with E-state index in [9.17, 15) is 9.59 Å². The first kappa shape index (κ1) is 25.1. The number of carbonyl (C=O) groups is 2. The third-order valence-electron chi connectivity index (χ3n) is 4.17. The van der Waals surface area contributed by atoms with Crippen molar-refractivity contribution in [3.63, 3.8) is 0 Å². The van der Waals surface area contributed by atoms with Crippen LogP contribution in [0.15, 0.2) is 12.1 Å². The van der Waals surface area contributed by atoms with E-state index in [0.717, 1.165) is 12.0 Å². The molecule has 0 saturated carbocycles. The molecule has 1 aliphatic rings. The summed E-state index contributed by atoms with van der Waals surface area (Å²) in [7, 11) is 0. The Morgan fingerprint density at radius 3 is 2.14 bits per heavy atom. The zero-order valence-corrected chi connectivity index (χ0v) is 19.6. The molecule has 1 heterocycles. The molecule has 1 saturated heterocycles. The number of nitrogens with zero attached hydrogens (tertiary/aromatic N) is 2. The number of hydrogen-bond donors (Lipinski definition) is 0. The zero-order valence-electron chi connectivity index (χ0n) is 18.8. The number of rotatable bonds is 4. The van der Waals surface area contributed by atoms with Crippen LogP contribution >= 0.6 is 11.6 Å². The van der Waals surface area contributed by atoms with Gasteiger partial charge in [0.05, 0.1) is 12.2 Å². The largest absolute Gasteiger partial charge is 0.493 e. The Morgan fingerprint density at radius 2 is 1.62 bits per heavy atom. The number of aryl methyl sites for hydroxylation is 1. The summed E-state index contributed by atoms with van der Waals surface area (Å²) in [5.41, 5.74) is 0.799. The molecule has 0 unspecified atom stereocenters. The summed E-state index contributed by atoms with van der Waals surface area (Å²) in [6.07, 6.45) is 0.504. The summed E-state index contributed by atoms with van der Waals surface area (Å²) in [5.74, 6) is 0.421. The van der Waals surface area contributed by atoms with Crippen LogP contribution in [0, 0.1) is 6.92 Å². The Kier molecular flexibility index (Phi) is 9.77. The van der Waals surface area contributed by atoms with E-state index in [1.54, 1.807) is 15.9 Å². The van der Waals surface area contributed by atoms with E-state index >= 15 is 0 Å². The van der Waals surface area contributed by atoms with Gasteiger partial charge in [-0.15, -0.1) is 0 Å². The van der Waals surface area contributed by atoms with Crippen molar-refractivity contribution >= 4 is 23.6 Å². The van der Waals surface area contributed by atoms with Gasteiger partial charge in [0.25, 0.3) is 5.91 Å². The molecule has 6 nitrogen and oxygen atoms in total. The number of halogens is 1. The lowest BCUT2D eigenvalue weighted by Crippen LogP contribution is -2.51. The van der Waals surface area contributed by atoms with Crippen LogP contribution in [0.3, 0.4) is 0 Å². The van der Waals surface area contributed by atoms with Crippen LogP contribution in [0.2, 0.25) is 5.02 Å². The van der Waals surface area contributed by atoms with Gasteiger partial charge < -0.3 is 19.3 Å². The lowest BCUT2D eigenvalue weighted by Gasteiger charge is -2.35. The highest BCUT2D eigenvalue weighted by Gasteiger charge is 2.29. The first-order valence-electron chi connectivity index (χ1n) is 10.3. The maximum Gasteiger partial charge on any atom is 0.410 e. The Balaban J connectivity index is 0.00000204. The van der Waals surface area contributed by atoms with Crippen LogP contribution in [-0.4, -0.2) is 60.2 Å². The van der Waals surface area contributed by atoms with E-state index in [1.165, 1.54) is 0 Å². The third-order valence-corrected chi connectivity index (χ3v) is 4.58. The van der Waals surface area contributed by atoms with Crippen LogP contribution < -0.4 is 4.74 Å². The minimum Gasteiger partial charge on any atom is -0.493 e. The van der Waals surface area contributed by atoms with Crippen LogP contribution in [0.4, 0.5) is 4.79 Å². The average molecular weight is 427 g/mol. The smallest absolute Gasteiger partial charge is 0.410 e. The molecule has 1 aliphatic heterocycles. The molecule has 0 bridgehead atoms. The highest BCUT2D eigenvalue weighted by Crippen LogP contribution is 2.28. The Hall–Kier alpha value is -1.95. The quantitative estimate of drug-likeness (QED) is 0.667. The molecular weight excluding hydrogens is 392 g/mol. The van der Waals surface area contributed by atoms with E-state index in [0.29, 0.717) is 49.1 Å². The van der Waals surface area contributed by atoms with Gasteiger partial charge in [-0.3, -0.25) is 4.79 Å². The monoisotopic (exact) mass is 426 g/mol. The molecule has 164 valence electrons. The molecule has 29 heavy (non-hydrogen) atoms. The van der Waals surface area contributed by atoms with Crippen molar-refractivity contribution in [3.05, 3.63) is 28.3 Å². The van der Waals surface area contributed by atoms with Crippen molar-refractivity contribution in [1.29, 1.82) is 0 Å². The fourth-order valence-corrected chi connectivity index (χ4v) is 2.91. The van der Waals surface area contributed by atoms with Gasteiger partial charge in [-0.2, -0.15) is 0 Å².